The van der Waals surface area contributed by atoms with Crippen LogP contribution in [0.5, 0.6) is 5.75 Å². The number of thioether (sulfide) groups is 1. The van der Waals surface area contributed by atoms with Crippen molar-refractivity contribution in [3.05, 3.63) is 51.9 Å². The van der Waals surface area contributed by atoms with Crippen LogP contribution in [0.3, 0.4) is 0 Å². The Bertz CT molecular complexity index is 1220. The van der Waals surface area contributed by atoms with Gasteiger partial charge < -0.3 is 9.47 Å². The minimum atomic E-state index is -0.232. The molecule has 8 nitrogen and oxygen atoms in total. The summed E-state index contributed by atoms with van der Waals surface area (Å²) in [6.07, 6.45) is 3.48. The monoisotopic (exact) mass is 453 g/mol. The van der Waals surface area contributed by atoms with Crippen molar-refractivity contribution in [1.82, 2.24) is 20.0 Å². The fourth-order valence-corrected chi connectivity index (χ4v) is 5.71. The zero-order valence-corrected chi connectivity index (χ0v) is 19.5. The summed E-state index contributed by atoms with van der Waals surface area (Å²) in [5.41, 5.74) is 3.20. The van der Waals surface area contributed by atoms with Gasteiger partial charge >= 0.3 is 0 Å². The first-order valence-corrected chi connectivity index (χ1v) is 11.6. The van der Waals surface area contributed by atoms with Gasteiger partial charge in [-0.05, 0) is 57.9 Å². The Morgan fingerprint density at radius 3 is 2.78 bits per heavy atom. The summed E-state index contributed by atoms with van der Waals surface area (Å²) < 4.78 is 13.1. The quantitative estimate of drug-likeness (QED) is 0.602. The van der Waals surface area contributed by atoms with Crippen LogP contribution in [0.25, 0.3) is 11.3 Å². The Balaban J connectivity index is 1.57. The van der Waals surface area contributed by atoms with Gasteiger partial charge in [-0.25, -0.2) is 4.99 Å². The molecule has 1 saturated heterocycles. The highest BCUT2D eigenvalue weighted by Gasteiger charge is 2.36. The Labute approximate surface area is 190 Å². The first-order chi connectivity index (χ1) is 15.4. The number of aliphatic imine (C=N–C) groups is 1. The van der Waals surface area contributed by atoms with Crippen molar-refractivity contribution in [3.63, 3.8) is 0 Å². The molecule has 0 radical (unpaired) electrons. The number of nitrogens with zero attached hydrogens (tertiary/aromatic N) is 3. The van der Waals surface area contributed by atoms with Gasteiger partial charge in [0.1, 0.15) is 5.75 Å². The largest absolute Gasteiger partial charge is 0.497 e. The maximum Gasteiger partial charge on any atom is 0.271 e. The third kappa shape index (κ3) is 3.69. The summed E-state index contributed by atoms with van der Waals surface area (Å²) in [7, 11) is 1.65. The molecule has 168 valence electrons. The Morgan fingerprint density at radius 2 is 2.06 bits per heavy atom. The van der Waals surface area contributed by atoms with Crippen LogP contribution in [0.4, 0.5) is 5.82 Å². The SMILES string of the molecule is COc1ccc(-c2[nH]ncc2[C@@H]2SC(C)=Nc3c2c(=O)[nH]n3[C@@H]2CCOC(C)(C)C2)cc1. The first kappa shape index (κ1) is 21.1. The summed E-state index contributed by atoms with van der Waals surface area (Å²) in [5.74, 6) is 1.51. The van der Waals surface area contributed by atoms with Crippen molar-refractivity contribution in [3.8, 4) is 17.0 Å². The molecule has 1 aromatic carbocycles. The topological polar surface area (TPSA) is 97.3 Å². The minimum Gasteiger partial charge on any atom is -0.497 e. The van der Waals surface area contributed by atoms with Crippen molar-refractivity contribution in [1.29, 1.82) is 0 Å². The van der Waals surface area contributed by atoms with Crippen LogP contribution in [-0.2, 0) is 4.74 Å². The lowest BCUT2D eigenvalue weighted by atomic mass is 9.94. The van der Waals surface area contributed by atoms with Crippen LogP contribution in [-0.4, -0.2) is 44.3 Å². The van der Waals surface area contributed by atoms with Gasteiger partial charge in [0.15, 0.2) is 5.82 Å². The van der Waals surface area contributed by atoms with E-state index in [0.717, 1.165) is 46.3 Å². The molecule has 9 heteroatoms. The number of ether oxygens (including phenoxy) is 2. The van der Waals surface area contributed by atoms with E-state index in [0.29, 0.717) is 12.2 Å². The lowest BCUT2D eigenvalue weighted by molar-refractivity contribution is -0.0705. The van der Waals surface area contributed by atoms with Gasteiger partial charge in [-0.15, -0.1) is 0 Å². The molecular formula is C23H27N5O3S. The molecule has 0 aliphatic carbocycles. The van der Waals surface area contributed by atoms with E-state index in [1.165, 1.54) is 0 Å². The van der Waals surface area contributed by atoms with Crippen LogP contribution >= 0.6 is 11.8 Å². The van der Waals surface area contributed by atoms with Gasteiger partial charge in [0.25, 0.3) is 5.56 Å². The zero-order chi connectivity index (χ0) is 22.5. The predicted molar refractivity (Wildman–Crippen MR) is 126 cm³/mol. The fourth-order valence-electron chi connectivity index (χ4n) is 4.60. The summed E-state index contributed by atoms with van der Waals surface area (Å²) in [6, 6.07) is 7.96. The lowest BCUT2D eigenvalue weighted by Crippen LogP contribution is -2.35. The van der Waals surface area contributed by atoms with Crippen LogP contribution in [0.1, 0.15) is 56.0 Å². The molecule has 0 spiro atoms. The van der Waals surface area contributed by atoms with Crippen LogP contribution in [0.15, 0.2) is 40.2 Å². The number of fused-ring (bicyclic) bond motifs is 1. The van der Waals surface area contributed by atoms with Gasteiger partial charge in [0, 0.05) is 17.7 Å². The second kappa shape index (κ2) is 7.97. The minimum absolute atomic E-state index is 0.0973. The highest BCUT2D eigenvalue weighted by Crippen LogP contribution is 2.47. The number of benzene rings is 1. The average Bonchev–Trinajstić information content (AvgIpc) is 3.38. The number of aromatic amines is 2. The Hall–Kier alpha value is -2.78. The number of hydrogen-bond donors (Lipinski definition) is 2. The van der Waals surface area contributed by atoms with Crippen molar-refractivity contribution >= 4 is 22.6 Å². The lowest BCUT2D eigenvalue weighted by Gasteiger charge is -2.36. The summed E-state index contributed by atoms with van der Waals surface area (Å²) in [4.78, 5) is 18.0. The van der Waals surface area contributed by atoms with E-state index in [1.54, 1.807) is 18.9 Å². The molecule has 4 heterocycles. The molecule has 2 N–H and O–H groups in total. The van der Waals surface area contributed by atoms with Gasteiger partial charge in [-0.2, -0.15) is 5.10 Å². The molecule has 5 rings (SSSR count). The van der Waals surface area contributed by atoms with Gasteiger partial charge in [0.05, 0.1) is 46.5 Å². The molecule has 0 saturated carbocycles. The van der Waals surface area contributed by atoms with E-state index >= 15 is 0 Å². The van der Waals surface area contributed by atoms with Crippen LogP contribution < -0.4 is 10.3 Å². The molecule has 0 bridgehead atoms. The number of aromatic nitrogens is 4. The third-order valence-electron chi connectivity index (χ3n) is 6.12. The molecule has 0 amide bonds. The molecule has 32 heavy (non-hydrogen) atoms. The smallest absolute Gasteiger partial charge is 0.271 e. The molecular weight excluding hydrogens is 426 g/mol. The standard InChI is InChI=1S/C23H27N5O3S/c1-13-25-21-18(22(29)27-28(21)15-9-10-31-23(2,3)11-15)20(32-13)17-12-24-26-19(17)14-5-7-16(30-4)8-6-14/h5-8,12,15,20H,9-11H2,1-4H3,(H,24,26)(H,27,29)/t15-,20+/m1/s1. The van der Waals surface area contributed by atoms with Crippen molar-refractivity contribution in [2.75, 3.05) is 13.7 Å². The van der Waals surface area contributed by atoms with Crippen LogP contribution in [0.2, 0.25) is 0 Å². The van der Waals surface area contributed by atoms with Crippen LogP contribution in [0, 0.1) is 0 Å². The molecule has 2 aliphatic heterocycles. The Morgan fingerprint density at radius 1 is 1.28 bits per heavy atom. The van der Waals surface area contributed by atoms with Gasteiger partial charge in [0.2, 0.25) is 0 Å². The highest BCUT2D eigenvalue weighted by molar-refractivity contribution is 8.14. The second-order valence-corrected chi connectivity index (χ2v) is 10.2. The second-order valence-electron chi connectivity index (χ2n) is 8.86. The summed E-state index contributed by atoms with van der Waals surface area (Å²) in [6.45, 7) is 6.83. The number of rotatable bonds is 4. The number of hydrogen-bond acceptors (Lipinski definition) is 6. The van der Waals surface area contributed by atoms with Gasteiger partial charge in [-0.3, -0.25) is 19.7 Å². The summed E-state index contributed by atoms with van der Waals surface area (Å²) in [5, 5.41) is 11.2. The van der Waals surface area contributed by atoms with E-state index in [4.69, 9.17) is 14.5 Å². The maximum absolute atomic E-state index is 13.2. The number of methoxy groups -OCH3 is 1. The van der Waals surface area contributed by atoms with Gasteiger partial charge in [-0.1, -0.05) is 11.8 Å². The van der Waals surface area contributed by atoms with E-state index in [9.17, 15) is 4.79 Å². The third-order valence-corrected chi connectivity index (χ3v) is 7.27. The molecule has 2 aliphatic rings. The Kier molecular flexibility index (Phi) is 5.25. The summed E-state index contributed by atoms with van der Waals surface area (Å²) >= 11 is 1.58. The molecule has 1 fully saturated rings. The first-order valence-electron chi connectivity index (χ1n) is 10.7. The molecule has 2 aromatic heterocycles. The van der Waals surface area contributed by atoms with Crippen molar-refractivity contribution in [2.45, 2.75) is 50.5 Å². The molecule has 2 atom stereocenters. The zero-order valence-electron chi connectivity index (χ0n) is 18.6. The fraction of sp³-hybridized carbons (Fsp3) is 0.435. The van der Waals surface area contributed by atoms with Crippen molar-refractivity contribution < 1.29 is 9.47 Å². The van der Waals surface area contributed by atoms with E-state index in [-0.39, 0.29) is 22.5 Å². The van der Waals surface area contributed by atoms with E-state index < -0.39 is 0 Å². The number of nitrogens with one attached hydrogen (secondary N) is 2. The highest BCUT2D eigenvalue weighted by atomic mass is 32.2. The molecule has 0 unspecified atom stereocenters. The maximum atomic E-state index is 13.2. The predicted octanol–water partition coefficient (Wildman–Crippen LogP) is 4.59. The van der Waals surface area contributed by atoms with Crippen molar-refractivity contribution in [2.24, 2.45) is 4.99 Å². The van der Waals surface area contributed by atoms with E-state index in [1.807, 2.05) is 42.1 Å². The number of H-pyrrole nitrogens is 2. The molecule has 3 aromatic rings. The van der Waals surface area contributed by atoms with E-state index in [2.05, 4.69) is 29.1 Å². The average molecular weight is 454 g/mol. The normalized spacial score (nSPS) is 22.3.